The van der Waals surface area contributed by atoms with Crippen molar-refractivity contribution < 1.29 is 4.74 Å². The first-order valence-electron chi connectivity index (χ1n) is 7.26. The fraction of sp³-hybridized carbons (Fsp3) is 0.375. The van der Waals surface area contributed by atoms with Gasteiger partial charge in [0.1, 0.15) is 23.2 Å². The van der Waals surface area contributed by atoms with Crippen molar-refractivity contribution in [2.24, 2.45) is 0 Å². The van der Waals surface area contributed by atoms with Crippen molar-refractivity contribution in [3.8, 4) is 5.75 Å². The lowest BCUT2D eigenvalue weighted by Crippen LogP contribution is -2.09. The first kappa shape index (κ1) is 13.7. The Morgan fingerprint density at radius 3 is 2.90 bits per heavy atom. The summed E-state index contributed by atoms with van der Waals surface area (Å²) in [6.07, 6.45) is 3.25. The summed E-state index contributed by atoms with van der Waals surface area (Å²) in [6, 6.07) is 9.88. The maximum atomic E-state index is 5.84. The van der Waals surface area contributed by atoms with Crippen molar-refractivity contribution in [1.82, 2.24) is 9.97 Å². The molecule has 0 amide bonds. The van der Waals surface area contributed by atoms with E-state index in [0.29, 0.717) is 11.7 Å². The van der Waals surface area contributed by atoms with Gasteiger partial charge >= 0.3 is 0 Å². The number of methoxy groups -OCH3 is 1. The number of nitrogens with two attached hydrogens (primary N) is 1. The number of ether oxygens (including phenoxy) is 1. The predicted octanol–water partition coefficient (Wildman–Crippen LogP) is 2.60. The van der Waals surface area contributed by atoms with Crippen LogP contribution in [0.25, 0.3) is 0 Å². The quantitative estimate of drug-likeness (QED) is 0.853. The Labute approximate surface area is 124 Å². The van der Waals surface area contributed by atoms with E-state index in [9.17, 15) is 0 Å². The van der Waals surface area contributed by atoms with Crippen LogP contribution in [0.15, 0.2) is 30.3 Å². The van der Waals surface area contributed by atoms with E-state index >= 15 is 0 Å². The molecule has 2 aromatic rings. The first-order chi connectivity index (χ1) is 10.2. The minimum atomic E-state index is 0.507. The SMILES string of the molecule is COc1cccc(CCNc2cc(N)nc(C3CC3)n2)c1. The van der Waals surface area contributed by atoms with Crippen LogP contribution in [0, 0.1) is 0 Å². The van der Waals surface area contributed by atoms with Crippen LogP contribution in [0.3, 0.4) is 0 Å². The Hall–Kier alpha value is -2.30. The molecule has 0 radical (unpaired) electrons. The van der Waals surface area contributed by atoms with Crippen LogP contribution < -0.4 is 15.8 Å². The molecule has 1 aromatic carbocycles. The van der Waals surface area contributed by atoms with Crippen LogP contribution in [0.4, 0.5) is 11.6 Å². The second-order valence-corrected chi connectivity index (χ2v) is 5.34. The molecule has 1 fully saturated rings. The lowest BCUT2D eigenvalue weighted by atomic mass is 10.1. The maximum absolute atomic E-state index is 5.84. The average molecular weight is 284 g/mol. The Morgan fingerprint density at radius 2 is 2.14 bits per heavy atom. The second-order valence-electron chi connectivity index (χ2n) is 5.34. The molecule has 1 aliphatic carbocycles. The topological polar surface area (TPSA) is 73.1 Å². The lowest BCUT2D eigenvalue weighted by Gasteiger charge is -2.09. The number of aromatic nitrogens is 2. The van der Waals surface area contributed by atoms with Gasteiger partial charge in [-0.05, 0) is 37.0 Å². The molecule has 1 aromatic heterocycles. The molecule has 5 nitrogen and oxygen atoms in total. The van der Waals surface area contributed by atoms with Crippen molar-refractivity contribution in [3.63, 3.8) is 0 Å². The number of benzene rings is 1. The minimum absolute atomic E-state index is 0.507. The van der Waals surface area contributed by atoms with Crippen LogP contribution in [0.1, 0.15) is 30.1 Å². The number of rotatable bonds is 6. The molecule has 21 heavy (non-hydrogen) atoms. The average Bonchev–Trinajstić information content (AvgIpc) is 3.32. The van der Waals surface area contributed by atoms with Gasteiger partial charge in [0.25, 0.3) is 0 Å². The number of anilines is 2. The Kier molecular flexibility index (Phi) is 3.90. The van der Waals surface area contributed by atoms with Crippen LogP contribution >= 0.6 is 0 Å². The standard InChI is InChI=1S/C16H20N4O/c1-21-13-4-2-3-11(9-13)7-8-18-15-10-14(17)19-16(20-15)12-5-6-12/h2-4,9-10,12H,5-8H2,1H3,(H3,17,18,19,20). The number of nitrogen functional groups attached to an aromatic ring is 1. The molecule has 1 saturated carbocycles. The summed E-state index contributed by atoms with van der Waals surface area (Å²) in [6.45, 7) is 0.799. The lowest BCUT2D eigenvalue weighted by molar-refractivity contribution is 0.414. The Bertz CT molecular complexity index is 625. The summed E-state index contributed by atoms with van der Waals surface area (Å²) < 4.78 is 5.23. The largest absolute Gasteiger partial charge is 0.497 e. The van der Waals surface area contributed by atoms with E-state index in [4.69, 9.17) is 10.5 Å². The number of nitrogens with zero attached hydrogens (tertiary/aromatic N) is 2. The van der Waals surface area contributed by atoms with E-state index in [1.54, 1.807) is 13.2 Å². The molecule has 110 valence electrons. The molecule has 3 rings (SSSR count). The zero-order valence-corrected chi connectivity index (χ0v) is 12.2. The zero-order chi connectivity index (χ0) is 14.7. The summed E-state index contributed by atoms with van der Waals surface area (Å²) >= 11 is 0. The van der Waals surface area contributed by atoms with Crippen LogP contribution in [0.5, 0.6) is 5.75 Å². The van der Waals surface area contributed by atoms with Gasteiger partial charge in [0.05, 0.1) is 7.11 Å². The van der Waals surface area contributed by atoms with E-state index in [0.717, 1.165) is 30.4 Å². The van der Waals surface area contributed by atoms with E-state index in [1.165, 1.54) is 18.4 Å². The summed E-state index contributed by atoms with van der Waals surface area (Å²) in [4.78, 5) is 8.83. The summed E-state index contributed by atoms with van der Waals surface area (Å²) in [5, 5.41) is 3.32. The molecule has 0 atom stereocenters. The van der Waals surface area contributed by atoms with Crippen molar-refractivity contribution in [2.45, 2.75) is 25.2 Å². The molecule has 0 bridgehead atoms. The number of nitrogens with one attached hydrogen (secondary N) is 1. The highest BCUT2D eigenvalue weighted by Crippen LogP contribution is 2.38. The normalized spacial score (nSPS) is 14.0. The summed E-state index contributed by atoms with van der Waals surface area (Å²) in [5.41, 5.74) is 7.07. The van der Waals surface area contributed by atoms with Gasteiger partial charge in [-0.25, -0.2) is 9.97 Å². The third-order valence-electron chi connectivity index (χ3n) is 3.56. The van der Waals surface area contributed by atoms with Gasteiger partial charge < -0.3 is 15.8 Å². The fourth-order valence-electron chi connectivity index (χ4n) is 2.26. The molecule has 5 heteroatoms. The van der Waals surface area contributed by atoms with Crippen molar-refractivity contribution in [2.75, 3.05) is 24.7 Å². The molecule has 0 unspecified atom stereocenters. The predicted molar refractivity (Wildman–Crippen MR) is 83.6 cm³/mol. The highest BCUT2D eigenvalue weighted by molar-refractivity contribution is 5.45. The van der Waals surface area contributed by atoms with Crippen molar-refractivity contribution in [3.05, 3.63) is 41.7 Å². The van der Waals surface area contributed by atoms with E-state index in [2.05, 4.69) is 21.4 Å². The number of hydrogen-bond donors (Lipinski definition) is 2. The van der Waals surface area contributed by atoms with E-state index in [1.807, 2.05) is 18.2 Å². The van der Waals surface area contributed by atoms with Gasteiger partial charge in [0.2, 0.25) is 0 Å². The summed E-state index contributed by atoms with van der Waals surface area (Å²) in [5.74, 6) is 3.61. The maximum Gasteiger partial charge on any atom is 0.136 e. The summed E-state index contributed by atoms with van der Waals surface area (Å²) in [7, 11) is 1.68. The molecular weight excluding hydrogens is 264 g/mol. The molecule has 0 aliphatic heterocycles. The smallest absolute Gasteiger partial charge is 0.136 e. The first-order valence-corrected chi connectivity index (χ1v) is 7.26. The molecule has 1 aliphatic rings. The molecule has 3 N–H and O–H groups in total. The van der Waals surface area contributed by atoms with Gasteiger partial charge in [-0.1, -0.05) is 12.1 Å². The fourth-order valence-corrected chi connectivity index (χ4v) is 2.26. The van der Waals surface area contributed by atoms with Crippen LogP contribution in [-0.2, 0) is 6.42 Å². The third kappa shape index (κ3) is 3.62. The third-order valence-corrected chi connectivity index (χ3v) is 3.56. The Morgan fingerprint density at radius 1 is 1.29 bits per heavy atom. The zero-order valence-electron chi connectivity index (χ0n) is 12.2. The molecular formula is C16H20N4O. The highest BCUT2D eigenvalue weighted by Gasteiger charge is 2.27. The number of hydrogen-bond acceptors (Lipinski definition) is 5. The minimum Gasteiger partial charge on any atom is -0.497 e. The van der Waals surface area contributed by atoms with Crippen molar-refractivity contribution >= 4 is 11.6 Å². The van der Waals surface area contributed by atoms with Gasteiger partial charge in [-0.15, -0.1) is 0 Å². The van der Waals surface area contributed by atoms with Crippen LogP contribution in [-0.4, -0.2) is 23.6 Å². The second kappa shape index (κ2) is 5.99. The van der Waals surface area contributed by atoms with Gasteiger partial charge in [-0.3, -0.25) is 0 Å². The van der Waals surface area contributed by atoms with Crippen molar-refractivity contribution in [1.29, 1.82) is 0 Å². The van der Waals surface area contributed by atoms with Gasteiger partial charge in [-0.2, -0.15) is 0 Å². The van der Waals surface area contributed by atoms with E-state index in [-0.39, 0.29) is 0 Å². The highest BCUT2D eigenvalue weighted by atomic mass is 16.5. The molecule has 0 spiro atoms. The monoisotopic (exact) mass is 284 g/mol. The molecule has 0 saturated heterocycles. The van der Waals surface area contributed by atoms with Gasteiger partial charge in [0.15, 0.2) is 0 Å². The van der Waals surface area contributed by atoms with E-state index < -0.39 is 0 Å². The Balaban J connectivity index is 1.59. The van der Waals surface area contributed by atoms with Gasteiger partial charge in [0, 0.05) is 18.5 Å². The van der Waals surface area contributed by atoms with Crippen LogP contribution in [0.2, 0.25) is 0 Å². The molecule has 1 heterocycles.